The van der Waals surface area contributed by atoms with Crippen LogP contribution in [0.1, 0.15) is 11.1 Å². The van der Waals surface area contributed by atoms with Gasteiger partial charge in [-0.1, -0.05) is 0 Å². The fourth-order valence-corrected chi connectivity index (χ4v) is 4.79. The normalized spacial score (nSPS) is 11.6. The van der Waals surface area contributed by atoms with E-state index < -0.39 is 21.8 Å². The van der Waals surface area contributed by atoms with Gasteiger partial charge in [0.1, 0.15) is 17.6 Å². The van der Waals surface area contributed by atoms with E-state index in [1.54, 1.807) is 5.38 Å². The average molecular weight is 502 g/mol. The van der Waals surface area contributed by atoms with Crippen molar-refractivity contribution in [3.63, 3.8) is 0 Å². The second-order valence-corrected chi connectivity index (χ2v) is 9.31. The molecule has 7 nitrogen and oxygen atoms in total. The number of nitrogens with one attached hydrogen (secondary N) is 1. The van der Waals surface area contributed by atoms with Crippen LogP contribution in [0.3, 0.4) is 0 Å². The highest BCUT2D eigenvalue weighted by Gasteiger charge is 2.34. The molecule has 2 aromatic heterocycles. The fraction of sp³-hybridized carbons (Fsp3) is 0.0455. The van der Waals surface area contributed by atoms with Gasteiger partial charge in [0.05, 0.1) is 21.7 Å². The number of pyridine rings is 1. The molecular formula is C22H13F3N4O3S2. The Morgan fingerprint density at radius 3 is 2.44 bits per heavy atom. The quantitative estimate of drug-likeness (QED) is 0.363. The number of ether oxygens (including phenoxy) is 1. The lowest BCUT2D eigenvalue weighted by Gasteiger charge is -2.13. The third-order valence-corrected chi connectivity index (χ3v) is 6.66. The maximum absolute atomic E-state index is 13.3. The molecule has 2 aromatic carbocycles. The molecule has 0 aliphatic rings. The van der Waals surface area contributed by atoms with E-state index in [4.69, 9.17) is 4.74 Å². The summed E-state index contributed by atoms with van der Waals surface area (Å²) in [5, 5.41) is 11.3. The summed E-state index contributed by atoms with van der Waals surface area (Å²) in [7, 11) is -3.97. The minimum absolute atomic E-state index is 0.0461. The molecule has 0 bridgehead atoms. The Kier molecular flexibility index (Phi) is 6.23. The first-order chi connectivity index (χ1) is 16.2. The second-order valence-electron chi connectivity index (χ2n) is 6.74. The van der Waals surface area contributed by atoms with Crippen molar-refractivity contribution in [2.45, 2.75) is 11.1 Å². The van der Waals surface area contributed by atoms with Gasteiger partial charge in [0.2, 0.25) is 0 Å². The smallest absolute Gasteiger partial charge is 0.418 e. The number of hydrogen-bond donors (Lipinski definition) is 1. The van der Waals surface area contributed by atoms with E-state index in [-0.39, 0.29) is 38.3 Å². The molecule has 4 rings (SSSR count). The molecule has 0 saturated heterocycles. The maximum atomic E-state index is 13.3. The van der Waals surface area contributed by atoms with Gasteiger partial charge >= 0.3 is 6.18 Å². The Labute approximate surface area is 196 Å². The summed E-state index contributed by atoms with van der Waals surface area (Å²) in [4.78, 5) is 7.55. The SMILES string of the molecule is N#Cc1cc(S(=O)(=O)Nc2nccs2)ccc1Oc1ccc(-c2ncccc2C(F)(F)F)cc1. The molecule has 172 valence electrons. The topological polar surface area (TPSA) is 105 Å². The van der Waals surface area contributed by atoms with E-state index in [2.05, 4.69) is 14.7 Å². The summed E-state index contributed by atoms with van der Waals surface area (Å²) in [5.41, 5.74) is -0.897. The van der Waals surface area contributed by atoms with Gasteiger partial charge in [0, 0.05) is 23.3 Å². The van der Waals surface area contributed by atoms with Crippen molar-refractivity contribution in [2.24, 2.45) is 0 Å². The van der Waals surface area contributed by atoms with Crippen molar-refractivity contribution >= 4 is 26.5 Å². The molecule has 0 amide bonds. The molecule has 0 saturated carbocycles. The first kappa shape index (κ1) is 23.2. The number of nitrogens with zero attached hydrogens (tertiary/aromatic N) is 3. The van der Waals surface area contributed by atoms with Crippen LogP contribution >= 0.6 is 11.3 Å². The van der Waals surface area contributed by atoms with Crippen LogP contribution < -0.4 is 9.46 Å². The largest absolute Gasteiger partial charge is 0.456 e. The molecule has 0 fully saturated rings. The standard InChI is InChI=1S/C22H13F3N4O3S2/c23-22(24,25)18-2-1-9-27-20(18)14-3-5-16(6-4-14)32-19-8-7-17(12-15(19)13-26)34(30,31)29-21-28-10-11-33-21/h1-12H,(H,28,29). The van der Waals surface area contributed by atoms with E-state index in [0.717, 1.165) is 23.5 Å². The van der Waals surface area contributed by atoms with E-state index >= 15 is 0 Å². The molecule has 1 N–H and O–H groups in total. The number of sulfonamides is 1. The fourth-order valence-electron chi connectivity index (χ4n) is 2.97. The van der Waals surface area contributed by atoms with E-state index in [1.165, 1.54) is 54.9 Å². The van der Waals surface area contributed by atoms with Crippen LogP contribution in [0, 0.1) is 11.3 Å². The third kappa shape index (κ3) is 5.00. The maximum Gasteiger partial charge on any atom is 0.418 e. The third-order valence-electron chi connectivity index (χ3n) is 4.50. The van der Waals surface area contributed by atoms with Crippen molar-refractivity contribution in [1.29, 1.82) is 5.26 Å². The van der Waals surface area contributed by atoms with Crippen molar-refractivity contribution < 1.29 is 26.3 Å². The Balaban J connectivity index is 1.58. The number of anilines is 1. The van der Waals surface area contributed by atoms with Crippen LogP contribution in [-0.4, -0.2) is 18.4 Å². The molecule has 2 heterocycles. The van der Waals surface area contributed by atoms with Gasteiger partial charge in [-0.3, -0.25) is 9.71 Å². The molecule has 0 aliphatic heterocycles. The van der Waals surface area contributed by atoms with Crippen molar-refractivity contribution in [1.82, 2.24) is 9.97 Å². The summed E-state index contributed by atoms with van der Waals surface area (Å²) in [6.07, 6.45) is -1.84. The summed E-state index contributed by atoms with van der Waals surface area (Å²) >= 11 is 1.10. The zero-order valence-electron chi connectivity index (χ0n) is 16.9. The molecule has 0 atom stereocenters. The van der Waals surface area contributed by atoms with Gasteiger partial charge in [-0.2, -0.15) is 18.4 Å². The van der Waals surface area contributed by atoms with E-state index in [0.29, 0.717) is 0 Å². The number of hydrogen-bond acceptors (Lipinski definition) is 7. The van der Waals surface area contributed by atoms with Gasteiger partial charge in [-0.05, 0) is 54.6 Å². The van der Waals surface area contributed by atoms with Gasteiger partial charge in [-0.25, -0.2) is 13.4 Å². The lowest BCUT2D eigenvalue weighted by Crippen LogP contribution is -2.13. The molecular weight excluding hydrogens is 489 g/mol. The summed E-state index contributed by atoms with van der Waals surface area (Å²) in [5.74, 6) is 0.318. The van der Waals surface area contributed by atoms with Crippen LogP contribution in [0.2, 0.25) is 0 Å². The summed E-state index contributed by atoms with van der Waals surface area (Å²) in [6, 6.07) is 13.5. The molecule has 4 aromatic rings. The van der Waals surface area contributed by atoms with Crippen molar-refractivity contribution in [3.8, 4) is 28.8 Å². The highest BCUT2D eigenvalue weighted by molar-refractivity contribution is 7.93. The molecule has 34 heavy (non-hydrogen) atoms. The highest BCUT2D eigenvalue weighted by Crippen LogP contribution is 2.36. The number of benzene rings is 2. The van der Waals surface area contributed by atoms with Crippen LogP contribution in [-0.2, 0) is 16.2 Å². The molecule has 0 radical (unpaired) electrons. The Morgan fingerprint density at radius 2 is 1.79 bits per heavy atom. The number of halogens is 3. The second kappa shape index (κ2) is 9.12. The highest BCUT2D eigenvalue weighted by atomic mass is 32.2. The van der Waals surface area contributed by atoms with Crippen LogP contribution in [0.5, 0.6) is 11.5 Å². The monoisotopic (exact) mass is 502 g/mol. The number of thiazole rings is 1. The Hall–Kier alpha value is -3.95. The number of aromatic nitrogens is 2. The van der Waals surface area contributed by atoms with Gasteiger partial charge < -0.3 is 4.74 Å². The Bertz CT molecular complexity index is 1460. The lowest BCUT2D eigenvalue weighted by molar-refractivity contribution is -0.137. The van der Waals surface area contributed by atoms with Crippen LogP contribution in [0.4, 0.5) is 18.3 Å². The zero-order chi connectivity index (χ0) is 24.3. The summed E-state index contributed by atoms with van der Waals surface area (Å²) in [6.45, 7) is 0. The van der Waals surface area contributed by atoms with Crippen LogP contribution in [0.25, 0.3) is 11.3 Å². The summed E-state index contributed by atoms with van der Waals surface area (Å²) < 4.78 is 72.8. The van der Waals surface area contributed by atoms with Crippen molar-refractivity contribution in [3.05, 3.63) is 83.5 Å². The van der Waals surface area contributed by atoms with Crippen molar-refractivity contribution in [2.75, 3.05) is 4.72 Å². The Morgan fingerprint density at radius 1 is 1.03 bits per heavy atom. The average Bonchev–Trinajstić information content (AvgIpc) is 3.31. The van der Waals surface area contributed by atoms with E-state index in [9.17, 15) is 26.9 Å². The van der Waals surface area contributed by atoms with E-state index in [1.807, 2.05) is 6.07 Å². The number of alkyl halides is 3. The zero-order valence-corrected chi connectivity index (χ0v) is 18.6. The predicted molar refractivity (Wildman–Crippen MR) is 119 cm³/mol. The first-order valence-corrected chi connectivity index (χ1v) is 11.8. The lowest BCUT2D eigenvalue weighted by atomic mass is 10.1. The van der Waals surface area contributed by atoms with Gasteiger partial charge in [-0.15, -0.1) is 11.3 Å². The number of nitriles is 1. The minimum atomic E-state index is -4.56. The predicted octanol–water partition coefficient (Wildman–Crippen LogP) is 5.69. The minimum Gasteiger partial charge on any atom is -0.456 e. The van der Waals surface area contributed by atoms with Gasteiger partial charge in [0.25, 0.3) is 10.0 Å². The van der Waals surface area contributed by atoms with Gasteiger partial charge in [0.15, 0.2) is 5.13 Å². The molecule has 0 spiro atoms. The first-order valence-electron chi connectivity index (χ1n) is 9.44. The number of rotatable bonds is 6. The molecule has 0 aliphatic carbocycles. The molecule has 0 unspecified atom stereocenters. The molecule has 12 heteroatoms. The van der Waals surface area contributed by atoms with Crippen LogP contribution in [0.15, 0.2) is 77.3 Å².